The molecule has 3 aliphatic rings. The Hall–Kier alpha value is -1.97. The number of carbonyl (C=O) groups is 2. The fourth-order valence-electron chi connectivity index (χ4n) is 3.79. The quantitative estimate of drug-likeness (QED) is 0.592. The molecule has 0 aromatic carbocycles. The van der Waals surface area contributed by atoms with Crippen molar-refractivity contribution in [2.45, 2.75) is 13.0 Å². The van der Waals surface area contributed by atoms with E-state index in [4.69, 9.17) is 0 Å². The molecule has 2 fully saturated rings. The number of aromatic nitrogens is 1. The van der Waals surface area contributed by atoms with Crippen molar-refractivity contribution in [2.24, 2.45) is 23.7 Å². The number of pyridine rings is 1. The van der Waals surface area contributed by atoms with Crippen LogP contribution in [0.5, 0.6) is 0 Å². The lowest BCUT2D eigenvalue weighted by Gasteiger charge is -2.16. The van der Waals surface area contributed by atoms with E-state index in [-0.39, 0.29) is 35.5 Å². The molecule has 1 aromatic heterocycles. The summed E-state index contributed by atoms with van der Waals surface area (Å²) in [4.78, 5) is 30.3. The van der Waals surface area contributed by atoms with Crippen LogP contribution >= 0.6 is 0 Å². The third kappa shape index (κ3) is 1.43. The SMILES string of the molecule is O=C1[C@H]2[C@H](C(=O)N1Cc1cccnc1)[C@H]1C=C[C@H]2C1. The van der Waals surface area contributed by atoms with Crippen LogP contribution in [0.2, 0.25) is 0 Å². The first-order valence-electron chi connectivity index (χ1n) is 6.68. The molecule has 4 heteroatoms. The summed E-state index contributed by atoms with van der Waals surface area (Å²) in [5.41, 5.74) is 0.907. The second-order valence-corrected chi connectivity index (χ2v) is 5.62. The largest absolute Gasteiger partial charge is 0.278 e. The molecule has 0 radical (unpaired) electrons. The predicted molar refractivity (Wildman–Crippen MR) is 67.5 cm³/mol. The Kier molecular flexibility index (Phi) is 2.16. The number of imide groups is 1. The number of rotatable bonds is 2. The maximum absolute atomic E-state index is 12.4. The van der Waals surface area contributed by atoms with Crippen LogP contribution in [0, 0.1) is 23.7 Å². The van der Waals surface area contributed by atoms with E-state index in [1.807, 2.05) is 12.1 Å². The molecule has 4 rings (SSSR count). The van der Waals surface area contributed by atoms with Crippen molar-refractivity contribution in [2.75, 3.05) is 0 Å². The Balaban J connectivity index is 1.62. The minimum atomic E-state index is -0.0980. The van der Waals surface area contributed by atoms with Gasteiger partial charge in [0.15, 0.2) is 0 Å². The number of amides is 2. The molecular weight excluding hydrogens is 240 g/mol. The van der Waals surface area contributed by atoms with Gasteiger partial charge < -0.3 is 0 Å². The maximum atomic E-state index is 12.4. The fraction of sp³-hybridized carbons (Fsp3) is 0.400. The molecule has 1 saturated carbocycles. The van der Waals surface area contributed by atoms with Crippen LogP contribution in [-0.2, 0) is 16.1 Å². The van der Waals surface area contributed by atoms with Crippen LogP contribution in [-0.4, -0.2) is 21.7 Å². The molecule has 2 bridgehead atoms. The first kappa shape index (κ1) is 10.9. The maximum Gasteiger partial charge on any atom is 0.234 e. The molecule has 0 N–H and O–H groups in total. The highest BCUT2D eigenvalue weighted by atomic mass is 16.2. The van der Waals surface area contributed by atoms with E-state index in [1.165, 1.54) is 4.90 Å². The van der Waals surface area contributed by atoms with Crippen LogP contribution in [0.15, 0.2) is 36.7 Å². The number of carbonyl (C=O) groups excluding carboxylic acids is 2. The van der Waals surface area contributed by atoms with E-state index in [2.05, 4.69) is 17.1 Å². The minimum Gasteiger partial charge on any atom is -0.278 e. The molecule has 4 atom stereocenters. The fourth-order valence-corrected chi connectivity index (χ4v) is 3.79. The summed E-state index contributed by atoms with van der Waals surface area (Å²) < 4.78 is 0. The van der Waals surface area contributed by atoms with Crippen molar-refractivity contribution in [3.05, 3.63) is 42.2 Å². The second kappa shape index (κ2) is 3.76. The topological polar surface area (TPSA) is 50.3 Å². The van der Waals surface area contributed by atoms with E-state index in [0.717, 1.165) is 12.0 Å². The van der Waals surface area contributed by atoms with E-state index < -0.39 is 0 Å². The summed E-state index contributed by atoms with van der Waals surface area (Å²) in [6.45, 7) is 0.359. The Morgan fingerprint density at radius 2 is 1.84 bits per heavy atom. The Morgan fingerprint density at radius 1 is 1.16 bits per heavy atom. The minimum absolute atomic E-state index is 0.00991. The zero-order valence-electron chi connectivity index (χ0n) is 10.4. The van der Waals surface area contributed by atoms with Gasteiger partial charge in [-0.05, 0) is 29.9 Å². The van der Waals surface area contributed by atoms with Crippen molar-refractivity contribution in [1.82, 2.24) is 9.88 Å². The van der Waals surface area contributed by atoms with Gasteiger partial charge in [0.05, 0.1) is 18.4 Å². The van der Waals surface area contributed by atoms with Crippen LogP contribution in [0.3, 0.4) is 0 Å². The number of fused-ring (bicyclic) bond motifs is 5. The van der Waals surface area contributed by atoms with Gasteiger partial charge in [-0.1, -0.05) is 18.2 Å². The molecule has 2 amide bonds. The summed E-state index contributed by atoms with van der Waals surface area (Å²) in [5.74, 6) is 0.389. The molecule has 2 heterocycles. The van der Waals surface area contributed by atoms with Gasteiger partial charge >= 0.3 is 0 Å². The van der Waals surface area contributed by atoms with Gasteiger partial charge in [0.2, 0.25) is 11.8 Å². The number of nitrogens with zero attached hydrogens (tertiary/aromatic N) is 2. The summed E-state index contributed by atoms with van der Waals surface area (Å²) in [6.07, 6.45) is 8.61. The van der Waals surface area contributed by atoms with E-state index in [0.29, 0.717) is 6.54 Å². The van der Waals surface area contributed by atoms with Crippen LogP contribution in [0.25, 0.3) is 0 Å². The van der Waals surface area contributed by atoms with Crippen molar-refractivity contribution in [3.63, 3.8) is 0 Å². The van der Waals surface area contributed by atoms with Gasteiger partial charge in [-0.2, -0.15) is 0 Å². The number of likely N-dealkylation sites (tertiary alicyclic amines) is 1. The molecule has 96 valence electrons. The van der Waals surface area contributed by atoms with E-state index in [9.17, 15) is 9.59 Å². The molecule has 2 aliphatic carbocycles. The zero-order chi connectivity index (χ0) is 13.0. The van der Waals surface area contributed by atoms with Gasteiger partial charge in [-0.15, -0.1) is 0 Å². The van der Waals surface area contributed by atoms with Crippen LogP contribution in [0.1, 0.15) is 12.0 Å². The average Bonchev–Trinajstić information content (AvgIpc) is 3.10. The lowest BCUT2D eigenvalue weighted by Crippen LogP contribution is -2.32. The van der Waals surface area contributed by atoms with E-state index >= 15 is 0 Å². The van der Waals surface area contributed by atoms with E-state index in [1.54, 1.807) is 12.4 Å². The first-order chi connectivity index (χ1) is 9.25. The highest BCUT2D eigenvalue weighted by molar-refractivity contribution is 6.06. The smallest absolute Gasteiger partial charge is 0.234 e. The van der Waals surface area contributed by atoms with Gasteiger partial charge in [-0.3, -0.25) is 19.5 Å². The molecule has 1 aliphatic heterocycles. The van der Waals surface area contributed by atoms with Crippen LogP contribution in [0.4, 0.5) is 0 Å². The third-order valence-corrected chi connectivity index (χ3v) is 4.63. The summed E-state index contributed by atoms with van der Waals surface area (Å²) in [6, 6.07) is 3.72. The Bertz CT molecular complexity index is 551. The number of hydrogen-bond acceptors (Lipinski definition) is 3. The lowest BCUT2D eigenvalue weighted by atomic mass is 9.85. The molecule has 1 saturated heterocycles. The van der Waals surface area contributed by atoms with Crippen molar-refractivity contribution < 1.29 is 9.59 Å². The first-order valence-corrected chi connectivity index (χ1v) is 6.68. The van der Waals surface area contributed by atoms with Gasteiger partial charge in [-0.25, -0.2) is 0 Å². The number of allylic oxidation sites excluding steroid dienone is 2. The zero-order valence-corrected chi connectivity index (χ0v) is 10.4. The van der Waals surface area contributed by atoms with Gasteiger partial charge in [0, 0.05) is 12.4 Å². The normalized spacial score (nSPS) is 35.3. The molecule has 1 aromatic rings. The molecular formula is C15H14N2O2. The molecule has 0 spiro atoms. The van der Waals surface area contributed by atoms with Crippen LogP contribution < -0.4 is 0 Å². The van der Waals surface area contributed by atoms with Crippen molar-refractivity contribution in [1.29, 1.82) is 0 Å². The third-order valence-electron chi connectivity index (χ3n) is 4.63. The average molecular weight is 254 g/mol. The van der Waals surface area contributed by atoms with Gasteiger partial charge in [0.1, 0.15) is 0 Å². The highest BCUT2D eigenvalue weighted by Gasteiger charge is 2.59. The predicted octanol–water partition coefficient (Wildman–Crippen LogP) is 1.39. The summed E-state index contributed by atoms with van der Waals surface area (Å²) in [7, 11) is 0. The molecule has 4 nitrogen and oxygen atoms in total. The Morgan fingerprint density at radius 3 is 2.42 bits per heavy atom. The lowest BCUT2D eigenvalue weighted by molar-refractivity contribution is -0.141. The Labute approximate surface area is 111 Å². The second-order valence-electron chi connectivity index (χ2n) is 5.62. The van der Waals surface area contributed by atoms with Crippen molar-refractivity contribution >= 4 is 11.8 Å². The standard InChI is InChI=1S/C15H14N2O2/c18-14-12-10-3-4-11(6-10)13(12)15(19)17(14)8-9-2-1-5-16-7-9/h1-5,7,10-13H,6,8H2/t10-,11-,12+,13+/m0/s1. The number of hydrogen-bond donors (Lipinski definition) is 0. The summed E-state index contributed by atoms with van der Waals surface area (Å²) in [5, 5.41) is 0. The molecule has 0 unspecified atom stereocenters. The summed E-state index contributed by atoms with van der Waals surface area (Å²) >= 11 is 0. The monoisotopic (exact) mass is 254 g/mol. The van der Waals surface area contributed by atoms with Crippen molar-refractivity contribution in [3.8, 4) is 0 Å². The van der Waals surface area contributed by atoms with Gasteiger partial charge in [0.25, 0.3) is 0 Å². The highest BCUT2D eigenvalue weighted by Crippen LogP contribution is 2.52. The molecule has 19 heavy (non-hydrogen) atoms.